The third-order valence-corrected chi connectivity index (χ3v) is 4.12. The fourth-order valence-electron chi connectivity index (χ4n) is 1.85. The first-order valence-corrected chi connectivity index (χ1v) is 7.33. The van der Waals surface area contributed by atoms with Crippen molar-refractivity contribution in [3.8, 4) is 5.75 Å². The van der Waals surface area contributed by atoms with E-state index >= 15 is 0 Å². The lowest BCUT2D eigenvalue weighted by atomic mass is 10.1. The number of carboxylic acid groups (broad SMARTS) is 1. The Hall–Kier alpha value is -2.14. The van der Waals surface area contributed by atoms with E-state index in [1.165, 1.54) is 0 Å². The molecule has 0 spiro atoms. The van der Waals surface area contributed by atoms with E-state index in [9.17, 15) is 4.79 Å². The number of rotatable bonds is 6. The molecule has 0 saturated carbocycles. The van der Waals surface area contributed by atoms with Crippen LogP contribution in [0.1, 0.15) is 16.9 Å². The zero-order chi connectivity index (χ0) is 15.2. The molecular weight excluding hydrogens is 288 g/mol. The Labute approximate surface area is 127 Å². The number of methoxy groups -OCH3 is 1. The highest BCUT2D eigenvalue weighted by Crippen LogP contribution is 2.29. The van der Waals surface area contributed by atoms with Crippen molar-refractivity contribution in [2.45, 2.75) is 17.6 Å². The molecule has 21 heavy (non-hydrogen) atoms. The van der Waals surface area contributed by atoms with Gasteiger partial charge in [0.15, 0.2) is 0 Å². The minimum absolute atomic E-state index is 0.653. The second kappa shape index (κ2) is 7.04. The molecule has 0 amide bonds. The van der Waals surface area contributed by atoms with Crippen molar-refractivity contribution in [3.05, 3.63) is 53.5 Å². The van der Waals surface area contributed by atoms with Gasteiger partial charge in [-0.2, -0.15) is 0 Å². The van der Waals surface area contributed by atoms with E-state index in [0.717, 1.165) is 33.6 Å². The minimum Gasteiger partial charge on any atom is -0.496 e. The molecule has 2 rings (SSSR count). The predicted molar refractivity (Wildman–Crippen MR) is 82.7 cm³/mol. The predicted octanol–water partition coefficient (Wildman–Crippen LogP) is 3.99. The van der Waals surface area contributed by atoms with Crippen LogP contribution in [-0.2, 0) is 10.5 Å². The minimum atomic E-state index is -0.981. The van der Waals surface area contributed by atoms with Crippen LogP contribution in [0.15, 0.2) is 45.9 Å². The molecule has 0 fully saturated rings. The van der Waals surface area contributed by atoms with Crippen LogP contribution in [0.4, 0.5) is 0 Å². The van der Waals surface area contributed by atoms with Gasteiger partial charge in [-0.1, -0.05) is 6.07 Å². The molecule has 0 radical (unpaired) electrons. The van der Waals surface area contributed by atoms with Crippen LogP contribution in [0.3, 0.4) is 0 Å². The number of hydrogen-bond donors (Lipinski definition) is 1. The fraction of sp³-hybridized carbons (Fsp3) is 0.188. The van der Waals surface area contributed by atoms with Crippen LogP contribution >= 0.6 is 11.8 Å². The summed E-state index contributed by atoms with van der Waals surface area (Å²) in [6, 6.07) is 7.69. The van der Waals surface area contributed by atoms with Crippen molar-refractivity contribution in [2.24, 2.45) is 0 Å². The van der Waals surface area contributed by atoms with Crippen molar-refractivity contribution in [1.29, 1.82) is 0 Å². The van der Waals surface area contributed by atoms with E-state index in [2.05, 4.69) is 0 Å². The van der Waals surface area contributed by atoms with Crippen molar-refractivity contribution >= 4 is 23.8 Å². The van der Waals surface area contributed by atoms with Gasteiger partial charge >= 0.3 is 5.97 Å². The molecule has 1 N–H and O–H groups in total. The average Bonchev–Trinajstić information content (AvgIpc) is 2.88. The Morgan fingerprint density at radius 3 is 2.86 bits per heavy atom. The first kappa shape index (κ1) is 15.3. The van der Waals surface area contributed by atoms with E-state index in [0.29, 0.717) is 5.75 Å². The van der Waals surface area contributed by atoms with Crippen LogP contribution in [0.2, 0.25) is 0 Å². The Morgan fingerprint density at radius 2 is 2.24 bits per heavy atom. The van der Waals surface area contributed by atoms with E-state index in [-0.39, 0.29) is 0 Å². The Morgan fingerprint density at radius 1 is 1.43 bits per heavy atom. The van der Waals surface area contributed by atoms with Gasteiger partial charge in [0, 0.05) is 22.3 Å². The number of ether oxygens (including phenoxy) is 1. The largest absolute Gasteiger partial charge is 0.496 e. The Bertz CT molecular complexity index is 658. The summed E-state index contributed by atoms with van der Waals surface area (Å²) in [5.74, 6) is 1.35. The lowest BCUT2D eigenvalue weighted by molar-refractivity contribution is -0.131. The molecule has 1 aromatic heterocycles. The highest BCUT2D eigenvalue weighted by atomic mass is 32.2. The molecular formula is C16H16O4S. The summed E-state index contributed by atoms with van der Waals surface area (Å²) >= 11 is 1.68. The van der Waals surface area contributed by atoms with Crippen molar-refractivity contribution in [1.82, 2.24) is 0 Å². The molecule has 1 heterocycles. The van der Waals surface area contributed by atoms with Crippen molar-refractivity contribution in [2.75, 3.05) is 7.11 Å². The number of hydrogen-bond acceptors (Lipinski definition) is 4. The quantitative estimate of drug-likeness (QED) is 0.646. The molecule has 0 bridgehead atoms. The zero-order valence-electron chi connectivity index (χ0n) is 11.8. The van der Waals surface area contributed by atoms with Crippen molar-refractivity contribution in [3.63, 3.8) is 0 Å². The summed E-state index contributed by atoms with van der Waals surface area (Å²) < 4.78 is 10.5. The molecule has 0 atom stereocenters. The van der Waals surface area contributed by atoms with Crippen LogP contribution in [0, 0.1) is 6.92 Å². The van der Waals surface area contributed by atoms with Gasteiger partial charge in [-0.3, -0.25) is 0 Å². The van der Waals surface area contributed by atoms with Gasteiger partial charge in [0.05, 0.1) is 13.4 Å². The highest BCUT2D eigenvalue weighted by molar-refractivity contribution is 7.98. The summed E-state index contributed by atoms with van der Waals surface area (Å²) in [5.41, 5.74) is 1.84. The lowest BCUT2D eigenvalue weighted by Gasteiger charge is -2.07. The number of benzene rings is 1. The normalized spacial score (nSPS) is 11.0. The van der Waals surface area contributed by atoms with Crippen LogP contribution in [0.5, 0.6) is 5.75 Å². The van der Waals surface area contributed by atoms with Gasteiger partial charge in [0.2, 0.25) is 0 Å². The summed E-state index contributed by atoms with van der Waals surface area (Å²) in [6.45, 7) is 1.93. The van der Waals surface area contributed by atoms with Crippen molar-refractivity contribution < 1.29 is 19.1 Å². The van der Waals surface area contributed by atoms with E-state index in [4.69, 9.17) is 14.3 Å². The number of carbonyl (C=O) groups is 1. The summed E-state index contributed by atoms with van der Waals surface area (Å²) in [7, 11) is 1.57. The monoisotopic (exact) mass is 304 g/mol. The summed E-state index contributed by atoms with van der Waals surface area (Å²) in [4.78, 5) is 11.7. The third-order valence-electron chi connectivity index (χ3n) is 2.91. The van der Waals surface area contributed by atoms with Crippen LogP contribution in [-0.4, -0.2) is 18.2 Å². The molecule has 110 valence electrons. The van der Waals surface area contributed by atoms with Gasteiger partial charge in [-0.15, -0.1) is 11.8 Å². The summed E-state index contributed by atoms with van der Waals surface area (Å²) in [5, 5.41) is 8.72. The smallest absolute Gasteiger partial charge is 0.328 e. The summed E-state index contributed by atoms with van der Waals surface area (Å²) in [6.07, 6.45) is 4.32. The molecule has 0 unspecified atom stereocenters. The molecule has 1 aromatic carbocycles. The maximum absolute atomic E-state index is 10.6. The van der Waals surface area contributed by atoms with Gasteiger partial charge in [-0.05, 0) is 36.8 Å². The van der Waals surface area contributed by atoms with Gasteiger partial charge in [0.25, 0.3) is 0 Å². The zero-order valence-corrected chi connectivity index (χ0v) is 12.6. The number of carboxylic acids is 1. The number of furan rings is 1. The average molecular weight is 304 g/mol. The van der Waals surface area contributed by atoms with Crippen LogP contribution in [0.25, 0.3) is 6.08 Å². The second-order valence-electron chi connectivity index (χ2n) is 4.38. The van der Waals surface area contributed by atoms with Gasteiger partial charge < -0.3 is 14.3 Å². The first-order chi connectivity index (χ1) is 10.1. The Balaban J connectivity index is 2.15. The molecule has 0 aliphatic heterocycles. The molecule has 0 saturated heterocycles. The van der Waals surface area contributed by atoms with E-state index in [1.54, 1.807) is 31.2 Å². The Kier molecular flexibility index (Phi) is 5.11. The molecule has 0 aliphatic rings. The van der Waals surface area contributed by atoms with E-state index < -0.39 is 5.97 Å². The highest BCUT2D eigenvalue weighted by Gasteiger charge is 2.06. The van der Waals surface area contributed by atoms with Gasteiger partial charge in [0.1, 0.15) is 11.5 Å². The number of aliphatic carboxylic acids is 1. The third kappa shape index (κ3) is 4.16. The van der Waals surface area contributed by atoms with Crippen LogP contribution < -0.4 is 4.74 Å². The fourth-order valence-corrected chi connectivity index (χ4v) is 2.75. The lowest BCUT2D eigenvalue weighted by Crippen LogP contribution is -1.91. The first-order valence-electron chi connectivity index (χ1n) is 6.35. The maximum atomic E-state index is 10.6. The SMILES string of the molecule is COc1ccc(CSc2ccoc2C)cc1/C=C/C(=O)O. The molecule has 4 nitrogen and oxygen atoms in total. The molecule has 5 heteroatoms. The standard InChI is InChI=1S/C16H16O4S/c1-11-15(7-8-20-11)21-10-12-3-5-14(19-2)13(9-12)4-6-16(17)18/h3-9H,10H2,1-2H3,(H,17,18)/b6-4+. The number of aryl methyl sites for hydroxylation is 1. The maximum Gasteiger partial charge on any atom is 0.328 e. The van der Waals surface area contributed by atoms with E-state index in [1.807, 2.05) is 31.2 Å². The molecule has 2 aromatic rings. The number of thioether (sulfide) groups is 1. The van der Waals surface area contributed by atoms with Gasteiger partial charge in [-0.25, -0.2) is 4.79 Å². The molecule has 0 aliphatic carbocycles. The second-order valence-corrected chi connectivity index (χ2v) is 5.39. The topological polar surface area (TPSA) is 59.7 Å².